The summed E-state index contributed by atoms with van der Waals surface area (Å²) < 4.78 is 5.78. The van der Waals surface area contributed by atoms with Gasteiger partial charge in [-0.1, -0.05) is 24.3 Å². The van der Waals surface area contributed by atoms with E-state index in [9.17, 15) is 9.90 Å². The fourth-order valence-corrected chi connectivity index (χ4v) is 2.88. The van der Waals surface area contributed by atoms with Gasteiger partial charge >= 0.3 is 0 Å². The summed E-state index contributed by atoms with van der Waals surface area (Å²) in [4.78, 5) is 14.2. The first-order valence-corrected chi connectivity index (χ1v) is 8.42. The molecule has 1 amide bonds. The predicted octanol–water partition coefficient (Wildman–Crippen LogP) is 3.55. The molecule has 1 N–H and O–H groups in total. The molecule has 0 aromatic heterocycles. The summed E-state index contributed by atoms with van der Waals surface area (Å²) in [5.74, 6) is 0.843. The van der Waals surface area contributed by atoms with E-state index in [0.717, 1.165) is 48.4 Å². The number of carbonyl (C=O) groups is 1. The average Bonchev–Trinajstić information content (AvgIpc) is 3.14. The second-order valence-electron chi connectivity index (χ2n) is 6.23. The quantitative estimate of drug-likeness (QED) is 0.914. The molecule has 2 aromatic carbocycles. The van der Waals surface area contributed by atoms with E-state index in [1.165, 1.54) is 0 Å². The second-order valence-corrected chi connectivity index (χ2v) is 6.23. The van der Waals surface area contributed by atoms with Crippen LogP contribution in [0.15, 0.2) is 48.5 Å². The van der Waals surface area contributed by atoms with Crippen molar-refractivity contribution >= 4 is 5.91 Å². The first-order valence-electron chi connectivity index (χ1n) is 8.42. The number of likely N-dealkylation sites (tertiary alicyclic amines) is 1. The number of ether oxygens (including phenoxy) is 1. The summed E-state index contributed by atoms with van der Waals surface area (Å²) in [6.45, 7) is 3.89. The Hall–Kier alpha value is -2.33. The SMILES string of the molecule is CC(O)c1cccc(OCc2ccc(C(=O)N3CCCC3)cc2)c1. The average molecular weight is 325 g/mol. The van der Waals surface area contributed by atoms with E-state index in [4.69, 9.17) is 4.74 Å². The molecule has 1 saturated heterocycles. The molecule has 3 rings (SSSR count). The number of aliphatic hydroxyl groups is 1. The van der Waals surface area contributed by atoms with Crippen LogP contribution in [-0.4, -0.2) is 29.0 Å². The maximum absolute atomic E-state index is 12.3. The Labute approximate surface area is 142 Å². The van der Waals surface area contributed by atoms with Crippen molar-refractivity contribution in [3.05, 3.63) is 65.2 Å². The van der Waals surface area contributed by atoms with Crippen LogP contribution in [0, 0.1) is 0 Å². The van der Waals surface area contributed by atoms with Crippen LogP contribution in [0.5, 0.6) is 5.75 Å². The molecule has 0 saturated carbocycles. The van der Waals surface area contributed by atoms with Gasteiger partial charge in [-0.25, -0.2) is 0 Å². The predicted molar refractivity (Wildman–Crippen MR) is 93.0 cm³/mol. The van der Waals surface area contributed by atoms with Crippen LogP contribution in [0.3, 0.4) is 0 Å². The van der Waals surface area contributed by atoms with Gasteiger partial charge in [-0.15, -0.1) is 0 Å². The lowest BCUT2D eigenvalue weighted by atomic mass is 10.1. The molecule has 0 spiro atoms. The van der Waals surface area contributed by atoms with Gasteiger partial charge in [0.2, 0.25) is 0 Å². The third-order valence-electron chi connectivity index (χ3n) is 4.34. The first-order chi connectivity index (χ1) is 11.6. The highest BCUT2D eigenvalue weighted by Gasteiger charge is 2.19. The van der Waals surface area contributed by atoms with Crippen LogP contribution in [0.25, 0.3) is 0 Å². The number of hydrogen-bond donors (Lipinski definition) is 1. The van der Waals surface area contributed by atoms with Gasteiger partial charge < -0.3 is 14.7 Å². The molecule has 0 aliphatic carbocycles. The van der Waals surface area contributed by atoms with Crippen LogP contribution in [0.2, 0.25) is 0 Å². The number of aliphatic hydroxyl groups excluding tert-OH is 1. The zero-order valence-corrected chi connectivity index (χ0v) is 13.9. The highest BCUT2D eigenvalue weighted by molar-refractivity contribution is 5.94. The minimum atomic E-state index is -0.510. The Bertz CT molecular complexity index is 688. The molecule has 1 aliphatic heterocycles. The summed E-state index contributed by atoms with van der Waals surface area (Å²) in [7, 11) is 0. The van der Waals surface area contributed by atoms with Gasteiger partial charge in [0.1, 0.15) is 12.4 Å². The molecule has 1 aliphatic rings. The molecule has 4 nitrogen and oxygen atoms in total. The third kappa shape index (κ3) is 3.95. The Kier molecular flexibility index (Phi) is 5.16. The van der Waals surface area contributed by atoms with Crippen molar-refractivity contribution in [3.63, 3.8) is 0 Å². The van der Waals surface area contributed by atoms with E-state index in [-0.39, 0.29) is 5.91 Å². The number of hydrogen-bond acceptors (Lipinski definition) is 3. The van der Waals surface area contributed by atoms with Crippen LogP contribution < -0.4 is 4.74 Å². The maximum atomic E-state index is 12.3. The van der Waals surface area contributed by atoms with Gasteiger partial charge in [-0.3, -0.25) is 4.79 Å². The summed E-state index contributed by atoms with van der Waals surface area (Å²) in [6, 6.07) is 15.1. The van der Waals surface area contributed by atoms with E-state index in [1.807, 2.05) is 53.4 Å². The minimum Gasteiger partial charge on any atom is -0.489 e. The molecule has 126 valence electrons. The molecule has 2 aromatic rings. The van der Waals surface area contributed by atoms with Gasteiger partial charge in [0.15, 0.2) is 0 Å². The third-order valence-corrected chi connectivity index (χ3v) is 4.34. The number of amides is 1. The Balaban J connectivity index is 1.60. The van der Waals surface area contributed by atoms with E-state index >= 15 is 0 Å². The van der Waals surface area contributed by atoms with Crippen molar-refractivity contribution in [1.82, 2.24) is 4.90 Å². The standard InChI is InChI=1S/C20H23NO3/c1-15(22)18-5-4-6-19(13-18)24-14-16-7-9-17(10-8-16)20(23)21-11-2-3-12-21/h4-10,13,15,22H,2-3,11-12,14H2,1H3. The number of benzene rings is 2. The van der Waals surface area contributed by atoms with Gasteiger partial charge in [0.25, 0.3) is 5.91 Å². The van der Waals surface area contributed by atoms with E-state index in [0.29, 0.717) is 6.61 Å². The van der Waals surface area contributed by atoms with Crippen molar-refractivity contribution in [2.45, 2.75) is 32.5 Å². The van der Waals surface area contributed by atoms with E-state index < -0.39 is 6.10 Å². The first kappa shape index (κ1) is 16.5. The van der Waals surface area contributed by atoms with Crippen molar-refractivity contribution < 1.29 is 14.6 Å². The van der Waals surface area contributed by atoms with Gasteiger partial charge in [0.05, 0.1) is 6.10 Å². The Morgan fingerprint density at radius 2 is 1.88 bits per heavy atom. The molecule has 1 atom stereocenters. The zero-order valence-electron chi connectivity index (χ0n) is 13.9. The van der Waals surface area contributed by atoms with Crippen molar-refractivity contribution in [1.29, 1.82) is 0 Å². The lowest BCUT2D eigenvalue weighted by Gasteiger charge is -2.15. The minimum absolute atomic E-state index is 0.115. The lowest BCUT2D eigenvalue weighted by Crippen LogP contribution is -2.27. The largest absolute Gasteiger partial charge is 0.489 e. The summed E-state index contributed by atoms with van der Waals surface area (Å²) in [5, 5.41) is 9.61. The van der Waals surface area contributed by atoms with Crippen LogP contribution >= 0.6 is 0 Å². The van der Waals surface area contributed by atoms with Gasteiger partial charge in [0, 0.05) is 18.7 Å². The fourth-order valence-electron chi connectivity index (χ4n) is 2.88. The van der Waals surface area contributed by atoms with E-state index in [1.54, 1.807) is 6.92 Å². The molecule has 0 bridgehead atoms. The van der Waals surface area contributed by atoms with E-state index in [2.05, 4.69) is 0 Å². The van der Waals surface area contributed by atoms with Crippen LogP contribution in [0.4, 0.5) is 0 Å². The molecular formula is C20H23NO3. The number of nitrogens with zero attached hydrogens (tertiary/aromatic N) is 1. The van der Waals surface area contributed by atoms with Gasteiger partial charge in [-0.05, 0) is 55.2 Å². The van der Waals surface area contributed by atoms with Gasteiger partial charge in [-0.2, -0.15) is 0 Å². The fraction of sp³-hybridized carbons (Fsp3) is 0.350. The normalized spacial score (nSPS) is 15.3. The lowest BCUT2D eigenvalue weighted by molar-refractivity contribution is 0.0792. The molecule has 0 radical (unpaired) electrons. The number of rotatable bonds is 5. The molecule has 1 unspecified atom stereocenters. The van der Waals surface area contributed by atoms with Crippen molar-refractivity contribution in [2.75, 3.05) is 13.1 Å². The molecule has 4 heteroatoms. The second kappa shape index (κ2) is 7.49. The number of carbonyl (C=O) groups excluding carboxylic acids is 1. The molecule has 24 heavy (non-hydrogen) atoms. The molecular weight excluding hydrogens is 302 g/mol. The Morgan fingerprint density at radius 3 is 2.54 bits per heavy atom. The van der Waals surface area contributed by atoms with Crippen molar-refractivity contribution in [2.24, 2.45) is 0 Å². The maximum Gasteiger partial charge on any atom is 0.253 e. The van der Waals surface area contributed by atoms with Crippen molar-refractivity contribution in [3.8, 4) is 5.75 Å². The Morgan fingerprint density at radius 1 is 1.17 bits per heavy atom. The van der Waals surface area contributed by atoms with Crippen LogP contribution in [0.1, 0.15) is 47.4 Å². The summed E-state index contributed by atoms with van der Waals surface area (Å²) >= 11 is 0. The molecule has 1 heterocycles. The monoisotopic (exact) mass is 325 g/mol. The smallest absolute Gasteiger partial charge is 0.253 e. The topological polar surface area (TPSA) is 49.8 Å². The summed E-state index contributed by atoms with van der Waals surface area (Å²) in [5.41, 5.74) is 2.58. The zero-order chi connectivity index (χ0) is 16.9. The van der Waals surface area contributed by atoms with Crippen LogP contribution in [-0.2, 0) is 6.61 Å². The highest BCUT2D eigenvalue weighted by Crippen LogP contribution is 2.20. The highest BCUT2D eigenvalue weighted by atomic mass is 16.5. The summed E-state index contributed by atoms with van der Waals surface area (Å²) in [6.07, 6.45) is 1.69. The molecule has 1 fully saturated rings.